The number of Topliss-reactive ketones (excluding diaryl/α,β-unsaturated/α-hetero) is 1. The van der Waals surface area contributed by atoms with Gasteiger partial charge in [-0.05, 0) is 37.1 Å². The third kappa shape index (κ3) is 3.89. The molecule has 1 unspecified atom stereocenters. The van der Waals surface area contributed by atoms with Gasteiger partial charge in [0.05, 0.1) is 6.20 Å². The normalized spacial score (nSPS) is 19.8. The largest absolute Gasteiger partial charge is 0.384 e. The Labute approximate surface area is 157 Å². The summed E-state index contributed by atoms with van der Waals surface area (Å²) in [6.07, 6.45) is 4.45. The number of nitrogens with zero attached hydrogens (tertiary/aromatic N) is 3. The van der Waals surface area contributed by atoms with Crippen molar-refractivity contribution < 1.29 is 9.18 Å². The summed E-state index contributed by atoms with van der Waals surface area (Å²) in [6.45, 7) is 0.543. The number of nitrogens with one attached hydrogen (secondary N) is 1. The van der Waals surface area contributed by atoms with Crippen LogP contribution in [0.3, 0.4) is 0 Å². The van der Waals surface area contributed by atoms with Gasteiger partial charge in [0.1, 0.15) is 17.6 Å². The lowest BCUT2D eigenvalue weighted by Gasteiger charge is -2.28. The van der Waals surface area contributed by atoms with Crippen molar-refractivity contribution >= 4 is 11.5 Å². The van der Waals surface area contributed by atoms with Crippen LogP contribution >= 0.6 is 0 Å². The van der Waals surface area contributed by atoms with E-state index < -0.39 is 0 Å². The van der Waals surface area contributed by atoms with Crippen molar-refractivity contribution in [1.29, 1.82) is 0 Å². The van der Waals surface area contributed by atoms with Gasteiger partial charge in [0, 0.05) is 23.7 Å². The molecule has 0 bridgehead atoms. The molecule has 1 fully saturated rings. The minimum Gasteiger partial charge on any atom is -0.384 e. The van der Waals surface area contributed by atoms with Gasteiger partial charge in [0.2, 0.25) is 0 Å². The number of carbonyl (C=O) groups excluding carboxylic acids is 1. The summed E-state index contributed by atoms with van der Waals surface area (Å²) in [4.78, 5) is 13.0. The maximum absolute atomic E-state index is 13.0. The molecule has 1 heterocycles. The van der Waals surface area contributed by atoms with E-state index >= 15 is 0 Å². The predicted molar refractivity (Wildman–Crippen MR) is 102 cm³/mol. The van der Waals surface area contributed by atoms with Gasteiger partial charge in [0.25, 0.3) is 0 Å². The first-order chi connectivity index (χ1) is 13.2. The smallest absolute Gasteiger partial charge is 0.162 e. The molecule has 0 saturated heterocycles. The lowest BCUT2D eigenvalue weighted by Crippen LogP contribution is -2.34. The highest BCUT2D eigenvalue weighted by atomic mass is 19.1. The highest BCUT2D eigenvalue weighted by Gasteiger charge is 2.33. The van der Waals surface area contributed by atoms with Crippen molar-refractivity contribution in [2.45, 2.75) is 25.3 Å². The van der Waals surface area contributed by atoms with Gasteiger partial charge in [-0.25, -0.2) is 9.07 Å². The Bertz CT molecular complexity index is 907. The maximum atomic E-state index is 13.0. The zero-order valence-electron chi connectivity index (χ0n) is 14.9. The Morgan fingerprint density at radius 1 is 1.07 bits per heavy atom. The fourth-order valence-corrected chi connectivity index (χ4v) is 3.56. The van der Waals surface area contributed by atoms with E-state index in [9.17, 15) is 9.18 Å². The molecule has 0 aliphatic heterocycles. The number of ketones is 1. The summed E-state index contributed by atoms with van der Waals surface area (Å²) < 4.78 is 14.7. The summed E-state index contributed by atoms with van der Waals surface area (Å²) in [5.41, 5.74) is 2.58. The third-order valence-corrected chi connectivity index (χ3v) is 5.06. The van der Waals surface area contributed by atoms with Gasteiger partial charge in [0.15, 0.2) is 5.78 Å². The van der Waals surface area contributed by atoms with Crippen molar-refractivity contribution in [2.75, 3.05) is 11.9 Å². The molecular formula is C21H21FN4O. The molecule has 1 saturated carbocycles. The third-order valence-electron chi connectivity index (χ3n) is 5.06. The quantitative estimate of drug-likeness (QED) is 0.740. The van der Waals surface area contributed by atoms with Crippen LogP contribution in [0.15, 0.2) is 60.8 Å². The summed E-state index contributed by atoms with van der Waals surface area (Å²) in [6, 6.07) is 15.7. The Kier molecular flexibility index (Phi) is 4.96. The van der Waals surface area contributed by atoms with E-state index in [4.69, 9.17) is 0 Å². The second-order valence-corrected chi connectivity index (χ2v) is 6.88. The van der Waals surface area contributed by atoms with Crippen LogP contribution < -0.4 is 5.32 Å². The van der Waals surface area contributed by atoms with Crippen LogP contribution in [0.1, 0.15) is 25.3 Å². The molecule has 6 heteroatoms. The van der Waals surface area contributed by atoms with Crippen LogP contribution in [-0.2, 0) is 4.79 Å². The molecule has 2 aromatic carbocycles. The number of rotatable bonds is 5. The first-order valence-corrected chi connectivity index (χ1v) is 9.21. The van der Waals surface area contributed by atoms with E-state index in [1.54, 1.807) is 16.8 Å². The molecule has 1 aliphatic rings. The Hall–Kier alpha value is -3.02. The SMILES string of the molecule is O=C1C(n2cc(-c3ccccc3)nn2)CCC[C@H]1CNc1ccc(F)cc1. The van der Waals surface area contributed by atoms with Crippen LogP contribution in [0.2, 0.25) is 0 Å². The number of benzene rings is 2. The molecule has 27 heavy (non-hydrogen) atoms. The Balaban J connectivity index is 1.44. The second kappa shape index (κ2) is 7.70. The summed E-state index contributed by atoms with van der Waals surface area (Å²) in [7, 11) is 0. The zero-order chi connectivity index (χ0) is 18.6. The predicted octanol–water partition coefficient (Wildman–Crippen LogP) is 4.11. The first kappa shape index (κ1) is 17.4. The molecule has 5 nitrogen and oxygen atoms in total. The van der Waals surface area contributed by atoms with E-state index in [1.807, 2.05) is 36.5 Å². The first-order valence-electron chi connectivity index (χ1n) is 9.21. The van der Waals surface area contributed by atoms with Crippen LogP contribution in [-0.4, -0.2) is 27.3 Å². The van der Waals surface area contributed by atoms with Gasteiger partial charge in [-0.2, -0.15) is 0 Å². The highest BCUT2D eigenvalue weighted by molar-refractivity contribution is 5.86. The molecule has 0 amide bonds. The number of anilines is 1. The molecule has 3 aromatic rings. The minimum atomic E-state index is -0.274. The minimum absolute atomic E-state index is 0.0850. The fraction of sp³-hybridized carbons (Fsp3) is 0.286. The number of hydrogen-bond donors (Lipinski definition) is 1. The second-order valence-electron chi connectivity index (χ2n) is 6.88. The monoisotopic (exact) mass is 364 g/mol. The van der Waals surface area contributed by atoms with Crippen LogP contribution in [0.4, 0.5) is 10.1 Å². The Morgan fingerprint density at radius 2 is 1.85 bits per heavy atom. The molecule has 0 spiro atoms. The van der Waals surface area contributed by atoms with Gasteiger partial charge in [-0.3, -0.25) is 4.79 Å². The average Bonchev–Trinajstić information content (AvgIpc) is 3.19. The topological polar surface area (TPSA) is 59.8 Å². The van der Waals surface area contributed by atoms with Crippen LogP contribution in [0.25, 0.3) is 11.3 Å². The zero-order valence-corrected chi connectivity index (χ0v) is 14.9. The van der Waals surface area contributed by atoms with Crippen LogP contribution in [0, 0.1) is 11.7 Å². The highest BCUT2D eigenvalue weighted by Crippen LogP contribution is 2.30. The molecule has 2 atom stereocenters. The molecule has 4 rings (SSSR count). The number of hydrogen-bond acceptors (Lipinski definition) is 4. The van der Waals surface area contributed by atoms with Crippen molar-refractivity contribution in [3.63, 3.8) is 0 Å². The molecule has 1 aromatic heterocycles. The summed E-state index contributed by atoms with van der Waals surface area (Å²) in [5, 5.41) is 11.7. The lowest BCUT2D eigenvalue weighted by molar-refractivity contribution is -0.128. The van der Waals surface area contributed by atoms with E-state index in [2.05, 4.69) is 15.6 Å². The van der Waals surface area contributed by atoms with Crippen LogP contribution in [0.5, 0.6) is 0 Å². The van der Waals surface area contributed by atoms with E-state index in [0.29, 0.717) is 6.54 Å². The molecule has 1 N–H and O–H groups in total. The van der Waals surface area contributed by atoms with E-state index in [0.717, 1.165) is 36.2 Å². The average molecular weight is 364 g/mol. The van der Waals surface area contributed by atoms with E-state index in [-0.39, 0.29) is 23.6 Å². The van der Waals surface area contributed by atoms with Gasteiger partial charge in [-0.15, -0.1) is 5.10 Å². The molecular weight excluding hydrogens is 343 g/mol. The van der Waals surface area contributed by atoms with Gasteiger partial charge < -0.3 is 5.32 Å². The molecule has 0 radical (unpaired) electrons. The number of halogens is 1. The fourth-order valence-electron chi connectivity index (χ4n) is 3.56. The number of aromatic nitrogens is 3. The van der Waals surface area contributed by atoms with Gasteiger partial charge in [-0.1, -0.05) is 42.0 Å². The summed E-state index contributed by atoms with van der Waals surface area (Å²) in [5.74, 6) is -0.173. The Morgan fingerprint density at radius 3 is 2.63 bits per heavy atom. The number of carbonyl (C=O) groups is 1. The standard InChI is InChI=1S/C21H21FN4O/c22-17-9-11-18(12-10-17)23-13-16-7-4-8-20(21(16)27)26-14-19(24-25-26)15-5-2-1-3-6-15/h1-3,5-6,9-12,14,16,20,23H,4,7-8,13H2/t16-,20?/m0/s1. The maximum Gasteiger partial charge on any atom is 0.162 e. The van der Waals surface area contributed by atoms with Crippen molar-refractivity contribution in [3.05, 3.63) is 66.6 Å². The van der Waals surface area contributed by atoms with Gasteiger partial charge >= 0.3 is 0 Å². The summed E-state index contributed by atoms with van der Waals surface area (Å²) >= 11 is 0. The van der Waals surface area contributed by atoms with Crippen molar-refractivity contribution in [3.8, 4) is 11.3 Å². The molecule has 138 valence electrons. The van der Waals surface area contributed by atoms with E-state index in [1.165, 1.54) is 12.1 Å². The van der Waals surface area contributed by atoms with Crippen molar-refractivity contribution in [2.24, 2.45) is 5.92 Å². The lowest BCUT2D eigenvalue weighted by atomic mass is 9.84. The molecule has 1 aliphatic carbocycles. The van der Waals surface area contributed by atoms with Crippen molar-refractivity contribution in [1.82, 2.24) is 15.0 Å².